The maximum absolute atomic E-state index is 14.1. The van der Waals surface area contributed by atoms with E-state index in [0.717, 1.165) is 11.1 Å². The van der Waals surface area contributed by atoms with Crippen molar-refractivity contribution in [3.8, 4) is 11.1 Å². The highest BCUT2D eigenvalue weighted by molar-refractivity contribution is 6.30. The third-order valence-electron chi connectivity index (χ3n) is 3.09. The highest BCUT2D eigenvalue weighted by Crippen LogP contribution is 2.24. The second kappa shape index (κ2) is 8.29. The molecule has 0 aliphatic carbocycles. The van der Waals surface area contributed by atoms with E-state index in [0.29, 0.717) is 10.6 Å². The van der Waals surface area contributed by atoms with E-state index in [4.69, 9.17) is 21.5 Å². The molecule has 0 atom stereocenters. The first-order valence-corrected chi connectivity index (χ1v) is 7.34. The Kier molecular flexibility index (Phi) is 6.11. The van der Waals surface area contributed by atoms with Crippen LogP contribution in [0.2, 0.25) is 5.02 Å². The second-order valence-electron chi connectivity index (χ2n) is 4.81. The molecular formula is C17H15ClFNO3. The molecule has 6 heteroatoms. The minimum atomic E-state index is -0.903. The average molecular weight is 336 g/mol. The van der Waals surface area contributed by atoms with Gasteiger partial charge in [-0.2, -0.15) is 0 Å². The van der Waals surface area contributed by atoms with E-state index in [1.54, 1.807) is 24.3 Å². The van der Waals surface area contributed by atoms with Gasteiger partial charge in [-0.15, -0.1) is 0 Å². The van der Waals surface area contributed by atoms with Gasteiger partial charge < -0.3 is 9.94 Å². The molecule has 0 amide bonds. The number of aliphatic carboxylic acids is 1. The Labute approximate surface area is 138 Å². The third kappa shape index (κ3) is 5.38. The number of hydrogen-bond acceptors (Lipinski definition) is 3. The van der Waals surface area contributed by atoms with Crippen molar-refractivity contribution >= 4 is 23.8 Å². The van der Waals surface area contributed by atoms with Gasteiger partial charge in [-0.05, 0) is 35.7 Å². The smallest absolute Gasteiger partial charge is 0.303 e. The van der Waals surface area contributed by atoms with E-state index in [9.17, 15) is 9.18 Å². The predicted molar refractivity (Wildman–Crippen MR) is 87.0 cm³/mol. The van der Waals surface area contributed by atoms with Crippen molar-refractivity contribution in [1.29, 1.82) is 0 Å². The molecule has 2 aromatic carbocycles. The van der Waals surface area contributed by atoms with Crippen LogP contribution in [0.4, 0.5) is 4.39 Å². The molecule has 0 heterocycles. The Morgan fingerprint density at radius 2 is 1.91 bits per heavy atom. The van der Waals surface area contributed by atoms with Gasteiger partial charge in [0.25, 0.3) is 0 Å². The molecule has 2 rings (SSSR count). The molecule has 0 unspecified atom stereocenters. The maximum atomic E-state index is 14.1. The van der Waals surface area contributed by atoms with Crippen molar-refractivity contribution in [2.45, 2.75) is 19.4 Å². The van der Waals surface area contributed by atoms with Crippen molar-refractivity contribution < 1.29 is 19.1 Å². The fraction of sp³-hybridized carbons (Fsp3) is 0.176. The van der Waals surface area contributed by atoms with Gasteiger partial charge in [0.2, 0.25) is 0 Å². The molecule has 4 nitrogen and oxygen atoms in total. The highest BCUT2D eigenvalue weighted by Gasteiger charge is 2.06. The topological polar surface area (TPSA) is 58.9 Å². The number of nitrogens with zero attached hydrogens (tertiary/aromatic N) is 1. The van der Waals surface area contributed by atoms with Crippen LogP contribution in [0.5, 0.6) is 0 Å². The molecule has 0 radical (unpaired) electrons. The third-order valence-corrected chi connectivity index (χ3v) is 3.34. The summed E-state index contributed by atoms with van der Waals surface area (Å²) >= 11 is 5.83. The molecule has 2 aromatic rings. The van der Waals surface area contributed by atoms with Gasteiger partial charge in [0, 0.05) is 16.8 Å². The zero-order valence-corrected chi connectivity index (χ0v) is 13.0. The number of halogens is 2. The summed E-state index contributed by atoms with van der Waals surface area (Å²) in [5.41, 5.74) is 1.98. The van der Waals surface area contributed by atoms with Crippen LogP contribution < -0.4 is 0 Å². The minimum absolute atomic E-state index is 0.0169. The van der Waals surface area contributed by atoms with Crippen LogP contribution in [-0.4, -0.2) is 17.3 Å². The fourth-order valence-corrected chi connectivity index (χ4v) is 2.01. The minimum Gasteiger partial charge on any atom is -0.481 e. The Morgan fingerprint density at radius 3 is 2.57 bits per heavy atom. The van der Waals surface area contributed by atoms with Crippen molar-refractivity contribution in [3.63, 3.8) is 0 Å². The van der Waals surface area contributed by atoms with Crippen molar-refractivity contribution in [1.82, 2.24) is 0 Å². The number of carboxylic acids is 1. The van der Waals surface area contributed by atoms with E-state index in [2.05, 4.69) is 5.16 Å². The summed E-state index contributed by atoms with van der Waals surface area (Å²) in [7, 11) is 0. The zero-order valence-electron chi connectivity index (χ0n) is 12.2. The number of hydrogen-bond donors (Lipinski definition) is 1. The van der Waals surface area contributed by atoms with Gasteiger partial charge >= 0.3 is 5.97 Å². The molecule has 0 aliphatic heterocycles. The van der Waals surface area contributed by atoms with Gasteiger partial charge in [0.1, 0.15) is 12.4 Å². The number of carbonyl (C=O) groups is 1. The lowest BCUT2D eigenvalue weighted by molar-refractivity contribution is -0.136. The van der Waals surface area contributed by atoms with E-state index in [-0.39, 0.29) is 19.4 Å². The SMILES string of the molecule is O=C(O)CC/C=N\OCc1ccc(-c2ccc(Cl)cc2)cc1F. The second-order valence-corrected chi connectivity index (χ2v) is 5.24. The number of oxime groups is 1. The van der Waals surface area contributed by atoms with Crippen LogP contribution >= 0.6 is 11.6 Å². The Hall–Kier alpha value is -2.40. The molecule has 0 fully saturated rings. The standard InChI is InChI=1S/C17H15ClFNO3/c18-15-7-5-12(6-8-15)13-3-4-14(16(19)10-13)11-23-20-9-1-2-17(21)22/h3-10H,1-2,11H2,(H,21,22)/b20-9-. The van der Waals surface area contributed by atoms with Crippen LogP contribution in [0.25, 0.3) is 11.1 Å². The molecule has 0 spiro atoms. The molecule has 23 heavy (non-hydrogen) atoms. The maximum Gasteiger partial charge on any atom is 0.303 e. The molecule has 0 saturated heterocycles. The number of carboxylic acid groups (broad SMARTS) is 1. The first kappa shape index (κ1) is 17.0. The van der Waals surface area contributed by atoms with Crippen LogP contribution in [0.3, 0.4) is 0 Å². The summed E-state index contributed by atoms with van der Waals surface area (Å²) in [6.07, 6.45) is 1.61. The molecule has 0 aliphatic rings. The molecule has 0 saturated carbocycles. The van der Waals surface area contributed by atoms with Crippen molar-refractivity contribution in [2.24, 2.45) is 5.16 Å². The van der Waals surface area contributed by atoms with Gasteiger partial charge in [0.05, 0.1) is 6.42 Å². The Morgan fingerprint density at radius 1 is 1.22 bits per heavy atom. The van der Waals surface area contributed by atoms with E-state index in [1.807, 2.05) is 12.1 Å². The lowest BCUT2D eigenvalue weighted by Gasteiger charge is -2.06. The van der Waals surface area contributed by atoms with Gasteiger partial charge in [0.15, 0.2) is 0 Å². The quantitative estimate of drug-likeness (QED) is 0.598. The van der Waals surface area contributed by atoms with Gasteiger partial charge in [-0.3, -0.25) is 4.79 Å². The van der Waals surface area contributed by atoms with Crippen molar-refractivity contribution in [2.75, 3.05) is 0 Å². The summed E-state index contributed by atoms with van der Waals surface area (Å²) in [6.45, 7) is -0.0176. The van der Waals surface area contributed by atoms with Gasteiger partial charge in [-0.1, -0.05) is 41.0 Å². The Balaban J connectivity index is 1.94. The molecule has 120 valence electrons. The van der Waals surface area contributed by atoms with Crippen molar-refractivity contribution in [3.05, 3.63) is 58.9 Å². The lowest BCUT2D eigenvalue weighted by Crippen LogP contribution is -1.95. The predicted octanol–water partition coefficient (Wildman–Crippen LogP) is 4.51. The van der Waals surface area contributed by atoms with Gasteiger partial charge in [-0.25, -0.2) is 4.39 Å². The normalized spacial score (nSPS) is 10.9. The van der Waals surface area contributed by atoms with Crippen LogP contribution in [0.1, 0.15) is 18.4 Å². The monoisotopic (exact) mass is 335 g/mol. The summed E-state index contributed by atoms with van der Waals surface area (Å²) in [5, 5.41) is 12.7. The molecular weight excluding hydrogens is 321 g/mol. The van der Waals surface area contributed by atoms with Crippen LogP contribution in [-0.2, 0) is 16.2 Å². The average Bonchev–Trinajstić information content (AvgIpc) is 2.52. The summed E-state index contributed by atoms with van der Waals surface area (Å²) in [6, 6.07) is 12.0. The fourth-order valence-electron chi connectivity index (χ4n) is 1.89. The lowest BCUT2D eigenvalue weighted by atomic mass is 10.0. The largest absolute Gasteiger partial charge is 0.481 e. The number of benzene rings is 2. The number of rotatable bonds is 7. The van der Waals surface area contributed by atoms with E-state index >= 15 is 0 Å². The van der Waals surface area contributed by atoms with Crippen LogP contribution in [0.15, 0.2) is 47.6 Å². The summed E-state index contributed by atoms with van der Waals surface area (Å²) in [5.74, 6) is -1.29. The summed E-state index contributed by atoms with van der Waals surface area (Å²) in [4.78, 5) is 15.3. The molecule has 1 N–H and O–H groups in total. The first-order chi connectivity index (χ1) is 11.1. The molecule has 0 aromatic heterocycles. The molecule has 0 bridgehead atoms. The zero-order chi connectivity index (χ0) is 16.7. The van der Waals surface area contributed by atoms with Crippen LogP contribution in [0, 0.1) is 5.82 Å². The summed E-state index contributed by atoms with van der Waals surface area (Å²) < 4.78 is 14.1. The highest BCUT2D eigenvalue weighted by atomic mass is 35.5. The Bertz CT molecular complexity index is 701. The first-order valence-electron chi connectivity index (χ1n) is 6.96. The van der Waals surface area contributed by atoms with E-state index < -0.39 is 11.8 Å². The van der Waals surface area contributed by atoms with E-state index in [1.165, 1.54) is 12.3 Å².